The molecule has 94 valence electrons. The summed E-state index contributed by atoms with van der Waals surface area (Å²) in [5.41, 5.74) is 1.06. The molecule has 0 atom stereocenters. The van der Waals surface area contributed by atoms with Crippen molar-refractivity contribution in [3.63, 3.8) is 0 Å². The van der Waals surface area contributed by atoms with Crippen molar-refractivity contribution in [3.8, 4) is 0 Å². The number of nitrogens with zero attached hydrogens (tertiary/aromatic N) is 1. The molecule has 0 aliphatic carbocycles. The molecule has 0 unspecified atom stereocenters. The molecule has 0 bridgehead atoms. The van der Waals surface area contributed by atoms with Crippen LogP contribution < -0.4 is 0 Å². The van der Waals surface area contributed by atoms with Crippen molar-refractivity contribution >= 4 is 28.6 Å². The monoisotopic (exact) mass is 261 g/mol. The number of carbonyl (C=O) groups is 1. The van der Waals surface area contributed by atoms with Crippen LogP contribution in [-0.2, 0) is 0 Å². The number of carboxylic acid groups (broad SMARTS) is 1. The normalized spacial score (nSPS) is 11.7. The topological polar surface area (TPSA) is 50.2 Å². The summed E-state index contributed by atoms with van der Waals surface area (Å²) in [6.45, 7) is 6.37. The van der Waals surface area contributed by atoms with E-state index >= 15 is 0 Å². The molecule has 1 N–H and O–H groups in total. The van der Waals surface area contributed by atoms with Gasteiger partial charge < -0.3 is 5.11 Å². The summed E-state index contributed by atoms with van der Waals surface area (Å²) in [4.78, 5) is 16.5. The smallest absolute Gasteiger partial charge is 0.336 e. The quantitative estimate of drug-likeness (QED) is 0.835. The number of fused-ring (bicyclic) bond motifs is 1. The molecular weight excluding hydrogens is 246 g/mol. The zero-order valence-corrected chi connectivity index (χ0v) is 11.4. The first-order valence-corrected chi connectivity index (χ1v) is 6.50. The predicted octanol–water partition coefficient (Wildman–Crippen LogP) is 3.82. The summed E-state index contributed by atoms with van der Waals surface area (Å²) < 4.78 is 0.0647. The van der Waals surface area contributed by atoms with Crippen molar-refractivity contribution in [2.45, 2.75) is 30.4 Å². The minimum atomic E-state index is -0.916. The summed E-state index contributed by atoms with van der Waals surface area (Å²) in [5.74, 6) is -0.916. The van der Waals surface area contributed by atoms with Crippen LogP contribution in [0, 0.1) is 0 Å². The molecule has 0 saturated carbocycles. The molecular formula is C14H15NO2S. The van der Waals surface area contributed by atoms with Crippen molar-refractivity contribution in [2.75, 3.05) is 0 Å². The summed E-state index contributed by atoms with van der Waals surface area (Å²) in [6, 6.07) is 7.20. The second-order valence-corrected chi connectivity index (χ2v) is 6.90. The highest BCUT2D eigenvalue weighted by atomic mass is 32.2. The van der Waals surface area contributed by atoms with Crippen LogP contribution >= 0.6 is 11.8 Å². The van der Waals surface area contributed by atoms with Crippen molar-refractivity contribution in [3.05, 3.63) is 36.0 Å². The molecule has 18 heavy (non-hydrogen) atoms. The van der Waals surface area contributed by atoms with E-state index in [-0.39, 0.29) is 4.75 Å². The Bertz CT molecular complexity index is 602. The third-order valence-corrected chi connectivity index (χ3v) is 3.54. The molecule has 0 aliphatic heterocycles. The number of hydrogen-bond acceptors (Lipinski definition) is 3. The Labute approximate surface area is 110 Å². The van der Waals surface area contributed by atoms with E-state index in [1.54, 1.807) is 24.0 Å². The Morgan fingerprint density at radius 1 is 1.28 bits per heavy atom. The minimum absolute atomic E-state index is 0.0647. The van der Waals surface area contributed by atoms with Gasteiger partial charge in [-0.25, -0.2) is 4.79 Å². The number of benzene rings is 1. The van der Waals surface area contributed by atoms with Gasteiger partial charge in [-0.05, 0) is 12.1 Å². The van der Waals surface area contributed by atoms with Crippen molar-refractivity contribution in [2.24, 2.45) is 0 Å². The maximum Gasteiger partial charge on any atom is 0.336 e. The number of para-hydroxylation sites is 1. The van der Waals surface area contributed by atoms with E-state index in [4.69, 9.17) is 0 Å². The van der Waals surface area contributed by atoms with E-state index < -0.39 is 5.97 Å². The van der Waals surface area contributed by atoms with Gasteiger partial charge in [0.1, 0.15) is 0 Å². The van der Waals surface area contributed by atoms with Crippen LogP contribution in [-0.4, -0.2) is 20.8 Å². The van der Waals surface area contributed by atoms with Gasteiger partial charge in [0.05, 0.1) is 11.1 Å². The lowest BCUT2D eigenvalue weighted by molar-refractivity contribution is 0.0699. The van der Waals surface area contributed by atoms with Gasteiger partial charge in [-0.1, -0.05) is 32.9 Å². The fourth-order valence-electron chi connectivity index (χ4n) is 1.75. The van der Waals surface area contributed by atoms with Crippen LogP contribution in [0.3, 0.4) is 0 Å². The largest absolute Gasteiger partial charge is 0.478 e. The van der Waals surface area contributed by atoms with Crippen molar-refractivity contribution < 1.29 is 9.90 Å². The van der Waals surface area contributed by atoms with E-state index in [0.29, 0.717) is 10.9 Å². The number of pyridine rings is 1. The Hall–Kier alpha value is -1.55. The number of carboxylic acids is 1. The zero-order chi connectivity index (χ0) is 13.3. The average molecular weight is 261 g/mol. The maximum atomic E-state index is 11.2. The molecule has 2 aromatic rings. The first-order chi connectivity index (χ1) is 8.38. The highest BCUT2D eigenvalue weighted by molar-refractivity contribution is 8.00. The molecule has 4 heteroatoms. The van der Waals surface area contributed by atoms with Gasteiger partial charge in [0.2, 0.25) is 0 Å². The van der Waals surface area contributed by atoms with E-state index in [1.807, 2.05) is 12.1 Å². The van der Waals surface area contributed by atoms with Gasteiger partial charge in [-0.15, -0.1) is 11.8 Å². The van der Waals surface area contributed by atoms with E-state index in [0.717, 1.165) is 10.4 Å². The molecule has 3 nitrogen and oxygen atoms in total. The third-order valence-electron chi connectivity index (χ3n) is 2.38. The van der Waals surface area contributed by atoms with Crippen LogP contribution in [0.15, 0.2) is 35.4 Å². The van der Waals surface area contributed by atoms with E-state index in [1.165, 1.54) is 6.07 Å². The Morgan fingerprint density at radius 2 is 2.00 bits per heavy atom. The highest BCUT2D eigenvalue weighted by Crippen LogP contribution is 2.36. The standard InChI is InChI=1S/C14H15NO2S/c1-14(2,3)18-11-6-4-5-9-10(13(16)17)7-8-15-12(9)11/h4-8H,1-3H3,(H,16,17). The fourth-order valence-corrected chi connectivity index (χ4v) is 2.81. The number of aromatic carboxylic acids is 1. The van der Waals surface area contributed by atoms with Crippen molar-refractivity contribution in [1.29, 1.82) is 0 Å². The Kier molecular flexibility index (Phi) is 3.30. The molecule has 0 saturated heterocycles. The number of rotatable bonds is 2. The van der Waals surface area contributed by atoms with Crippen LogP contribution in [0.2, 0.25) is 0 Å². The molecule has 1 aromatic heterocycles. The summed E-state index contributed by atoms with van der Waals surface area (Å²) in [7, 11) is 0. The molecule has 0 spiro atoms. The van der Waals surface area contributed by atoms with E-state index in [9.17, 15) is 9.90 Å². The van der Waals surface area contributed by atoms with Crippen LogP contribution in [0.5, 0.6) is 0 Å². The Morgan fingerprint density at radius 3 is 2.61 bits per heavy atom. The highest BCUT2D eigenvalue weighted by Gasteiger charge is 2.16. The van der Waals surface area contributed by atoms with Crippen molar-refractivity contribution in [1.82, 2.24) is 4.98 Å². The first kappa shape index (κ1) is 12.9. The lowest BCUT2D eigenvalue weighted by Crippen LogP contribution is -2.07. The molecule has 0 radical (unpaired) electrons. The first-order valence-electron chi connectivity index (χ1n) is 5.68. The van der Waals surface area contributed by atoms with Gasteiger partial charge in [-0.2, -0.15) is 0 Å². The van der Waals surface area contributed by atoms with Crippen LogP contribution in [0.1, 0.15) is 31.1 Å². The number of aromatic nitrogens is 1. The molecule has 0 fully saturated rings. The third kappa shape index (κ3) is 2.64. The summed E-state index contributed by atoms with van der Waals surface area (Å²) >= 11 is 1.70. The predicted molar refractivity (Wildman–Crippen MR) is 74.3 cm³/mol. The maximum absolute atomic E-state index is 11.2. The number of hydrogen-bond donors (Lipinski definition) is 1. The minimum Gasteiger partial charge on any atom is -0.478 e. The Balaban J connectivity index is 2.64. The molecule has 1 aromatic carbocycles. The van der Waals surface area contributed by atoms with Crippen LogP contribution in [0.25, 0.3) is 10.9 Å². The average Bonchev–Trinajstić information content (AvgIpc) is 2.26. The summed E-state index contributed by atoms with van der Waals surface area (Å²) in [6.07, 6.45) is 1.55. The van der Waals surface area contributed by atoms with Gasteiger partial charge in [0, 0.05) is 21.2 Å². The lowest BCUT2D eigenvalue weighted by atomic mass is 10.1. The number of thioether (sulfide) groups is 1. The molecule has 1 heterocycles. The molecule has 2 rings (SSSR count). The van der Waals surface area contributed by atoms with Gasteiger partial charge in [0.25, 0.3) is 0 Å². The van der Waals surface area contributed by atoms with Gasteiger partial charge in [-0.3, -0.25) is 4.98 Å². The van der Waals surface area contributed by atoms with Gasteiger partial charge in [0.15, 0.2) is 0 Å². The second kappa shape index (κ2) is 4.61. The molecule has 0 aliphatic rings. The summed E-state index contributed by atoms with van der Waals surface area (Å²) in [5, 5.41) is 9.87. The lowest BCUT2D eigenvalue weighted by Gasteiger charge is -2.18. The fraction of sp³-hybridized carbons (Fsp3) is 0.286. The zero-order valence-electron chi connectivity index (χ0n) is 10.6. The SMILES string of the molecule is CC(C)(C)Sc1cccc2c(C(=O)O)ccnc12. The second-order valence-electron chi connectivity index (χ2n) is 5.03. The van der Waals surface area contributed by atoms with Crippen LogP contribution in [0.4, 0.5) is 0 Å². The molecule has 0 amide bonds. The van der Waals surface area contributed by atoms with Gasteiger partial charge >= 0.3 is 5.97 Å². The van der Waals surface area contributed by atoms with E-state index in [2.05, 4.69) is 25.8 Å².